The van der Waals surface area contributed by atoms with Gasteiger partial charge in [-0.15, -0.1) is 0 Å². The molecular weight excluding hydrogens is 298 g/mol. The van der Waals surface area contributed by atoms with Crippen LogP contribution in [0.1, 0.15) is 11.3 Å². The third-order valence-electron chi connectivity index (χ3n) is 2.64. The molecule has 0 bridgehead atoms. The third kappa shape index (κ3) is 3.76. The minimum atomic E-state index is -3.57. The van der Waals surface area contributed by atoms with E-state index in [9.17, 15) is 13.2 Å². The number of hydrogen-bond acceptors (Lipinski definition) is 5. The van der Waals surface area contributed by atoms with E-state index in [0.717, 1.165) is 16.9 Å². The van der Waals surface area contributed by atoms with Crippen molar-refractivity contribution in [2.45, 2.75) is 18.0 Å². The predicted octanol–water partition coefficient (Wildman–Crippen LogP) is 0.634. The van der Waals surface area contributed by atoms with Crippen LogP contribution in [0.2, 0.25) is 0 Å². The maximum Gasteiger partial charge on any atom is 0.304 e. The summed E-state index contributed by atoms with van der Waals surface area (Å²) in [6.45, 7) is 0.753. The van der Waals surface area contributed by atoms with Gasteiger partial charge in [0, 0.05) is 17.6 Å². The molecule has 108 valence electrons. The van der Waals surface area contributed by atoms with Crippen LogP contribution in [0.15, 0.2) is 39.3 Å². The first-order chi connectivity index (χ1) is 9.51. The molecule has 20 heavy (non-hydrogen) atoms. The normalized spacial score (nSPS) is 11.7. The van der Waals surface area contributed by atoms with E-state index in [-0.39, 0.29) is 16.3 Å². The summed E-state index contributed by atoms with van der Waals surface area (Å²) < 4.78 is 26.6. The minimum absolute atomic E-state index is 0.0688. The number of rotatable bonds is 6. The Morgan fingerprint density at radius 1 is 1.20 bits per heavy atom. The van der Waals surface area contributed by atoms with E-state index in [1.165, 1.54) is 0 Å². The summed E-state index contributed by atoms with van der Waals surface area (Å²) in [5, 5.41) is 4.59. The molecule has 0 spiro atoms. The zero-order valence-corrected chi connectivity index (χ0v) is 12.5. The lowest BCUT2D eigenvalue weighted by molar-refractivity contribution is 0.580. The van der Waals surface area contributed by atoms with Gasteiger partial charge in [-0.3, -0.25) is 4.79 Å². The summed E-state index contributed by atoms with van der Waals surface area (Å²) in [6, 6.07) is 6.64. The van der Waals surface area contributed by atoms with E-state index in [1.54, 1.807) is 29.6 Å². The zero-order chi connectivity index (χ0) is 14.6. The summed E-state index contributed by atoms with van der Waals surface area (Å²) in [6.07, 6.45) is 0. The van der Waals surface area contributed by atoms with E-state index in [0.29, 0.717) is 12.2 Å². The van der Waals surface area contributed by atoms with E-state index >= 15 is 0 Å². The molecule has 0 aliphatic carbocycles. The molecule has 0 fully saturated rings. The Hall–Kier alpha value is -1.48. The molecule has 0 saturated heterocycles. The Balaban J connectivity index is 2.07. The maximum atomic E-state index is 12.1. The highest BCUT2D eigenvalue weighted by molar-refractivity contribution is 7.89. The molecule has 8 heteroatoms. The molecule has 0 aliphatic rings. The Morgan fingerprint density at radius 2 is 1.90 bits per heavy atom. The van der Waals surface area contributed by atoms with Gasteiger partial charge < -0.3 is 10.3 Å². The second-order valence-corrected chi connectivity index (χ2v) is 6.78. The molecule has 2 rings (SSSR count). The lowest BCUT2D eigenvalue weighted by Crippen LogP contribution is -2.23. The van der Waals surface area contributed by atoms with Gasteiger partial charge in [-0.25, -0.2) is 13.1 Å². The highest BCUT2D eigenvalue weighted by atomic mass is 32.2. The third-order valence-corrected chi connectivity index (χ3v) is 4.77. The molecule has 3 N–H and O–H groups in total. The first-order valence-corrected chi connectivity index (χ1v) is 8.27. The largest absolute Gasteiger partial charge is 0.316 e. The summed E-state index contributed by atoms with van der Waals surface area (Å²) in [7, 11) is -1.74. The number of nitrogens with one attached hydrogen (secondary N) is 3. The lowest BCUT2D eigenvalue weighted by atomic mass is 10.2. The highest BCUT2D eigenvalue weighted by Crippen LogP contribution is 2.11. The molecule has 2 aromatic rings. The van der Waals surface area contributed by atoms with Crippen molar-refractivity contribution in [2.24, 2.45) is 0 Å². The molecule has 0 aliphatic heterocycles. The Bertz CT molecular complexity index is 717. The van der Waals surface area contributed by atoms with Crippen LogP contribution in [0, 0.1) is 0 Å². The van der Waals surface area contributed by atoms with E-state index < -0.39 is 10.0 Å². The average Bonchev–Trinajstić information content (AvgIpc) is 2.84. The Morgan fingerprint density at radius 3 is 2.45 bits per heavy atom. The number of thiazole rings is 1. The van der Waals surface area contributed by atoms with Gasteiger partial charge in [0.15, 0.2) is 0 Å². The molecule has 1 heterocycles. The number of hydrogen-bond donors (Lipinski definition) is 3. The molecule has 0 radical (unpaired) electrons. The zero-order valence-electron chi connectivity index (χ0n) is 10.8. The highest BCUT2D eigenvalue weighted by Gasteiger charge is 2.13. The van der Waals surface area contributed by atoms with Crippen LogP contribution in [0.5, 0.6) is 0 Å². The first kappa shape index (κ1) is 14.9. The van der Waals surface area contributed by atoms with Crippen LogP contribution >= 0.6 is 11.3 Å². The number of benzene rings is 1. The fraction of sp³-hybridized carbons (Fsp3) is 0.250. The molecule has 0 saturated carbocycles. The molecule has 1 aromatic carbocycles. The van der Waals surface area contributed by atoms with E-state index in [1.807, 2.05) is 7.05 Å². The second kappa shape index (κ2) is 6.31. The summed E-state index contributed by atoms with van der Waals surface area (Å²) in [5.74, 6) is 0. The van der Waals surface area contributed by atoms with Crippen molar-refractivity contribution < 1.29 is 8.42 Å². The minimum Gasteiger partial charge on any atom is -0.316 e. The molecule has 0 amide bonds. The van der Waals surface area contributed by atoms with Gasteiger partial charge in [0.1, 0.15) is 0 Å². The summed E-state index contributed by atoms with van der Waals surface area (Å²) in [5.41, 5.74) is 1.56. The fourth-order valence-electron chi connectivity index (χ4n) is 1.65. The van der Waals surface area contributed by atoms with Gasteiger partial charge in [-0.1, -0.05) is 23.5 Å². The Labute approximate surface area is 120 Å². The van der Waals surface area contributed by atoms with Gasteiger partial charge in [0.2, 0.25) is 10.0 Å². The van der Waals surface area contributed by atoms with Crippen molar-refractivity contribution in [3.05, 3.63) is 50.6 Å². The van der Waals surface area contributed by atoms with Crippen molar-refractivity contribution in [3.63, 3.8) is 0 Å². The molecular formula is C12H15N3O3S2. The standard InChI is InChI=1S/C12H15N3O3S2/c1-13-6-9-2-4-11(5-3-9)20(17,18)14-7-10-8-19-12(16)15-10/h2-5,8,13-14H,6-7H2,1H3,(H,15,16). The summed E-state index contributed by atoms with van der Waals surface area (Å²) in [4.78, 5) is 13.5. The van der Waals surface area contributed by atoms with E-state index in [2.05, 4.69) is 15.0 Å². The SMILES string of the molecule is CNCc1ccc(S(=O)(=O)NCc2csc(=O)[nH]2)cc1. The quantitative estimate of drug-likeness (QED) is 0.730. The summed E-state index contributed by atoms with van der Waals surface area (Å²) >= 11 is 1.01. The lowest BCUT2D eigenvalue weighted by Gasteiger charge is -2.06. The van der Waals surface area contributed by atoms with Crippen molar-refractivity contribution >= 4 is 21.4 Å². The fourth-order valence-corrected chi connectivity index (χ4v) is 3.24. The first-order valence-electron chi connectivity index (χ1n) is 5.91. The van der Waals surface area contributed by atoms with E-state index in [4.69, 9.17) is 0 Å². The monoisotopic (exact) mass is 313 g/mol. The van der Waals surface area contributed by atoms with Crippen LogP contribution < -0.4 is 14.9 Å². The second-order valence-electron chi connectivity index (χ2n) is 4.17. The molecule has 0 atom stereocenters. The smallest absolute Gasteiger partial charge is 0.304 e. The maximum absolute atomic E-state index is 12.1. The predicted molar refractivity (Wildman–Crippen MR) is 78.2 cm³/mol. The number of sulfonamides is 1. The van der Waals surface area contributed by atoms with Gasteiger partial charge in [-0.05, 0) is 24.7 Å². The number of aromatic nitrogens is 1. The van der Waals surface area contributed by atoms with Gasteiger partial charge >= 0.3 is 4.87 Å². The molecule has 6 nitrogen and oxygen atoms in total. The topological polar surface area (TPSA) is 91.1 Å². The van der Waals surface area contributed by atoms with Gasteiger partial charge in [0.05, 0.1) is 11.4 Å². The number of H-pyrrole nitrogens is 1. The Kier molecular flexibility index (Phi) is 4.71. The average molecular weight is 313 g/mol. The van der Waals surface area contributed by atoms with Crippen LogP contribution in [0.25, 0.3) is 0 Å². The number of aromatic amines is 1. The van der Waals surface area contributed by atoms with Gasteiger partial charge in [0.25, 0.3) is 0 Å². The molecule has 1 aromatic heterocycles. The van der Waals surface area contributed by atoms with Crippen LogP contribution in [-0.4, -0.2) is 20.4 Å². The van der Waals surface area contributed by atoms with Crippen molar-refractivity contribution in [2.75, 3.05) is 7.05 Å². The van der Waals surface area contributed by atoms with Crippen molar-refractivity contribution in [1.82, 2.24) is 15.0 Å². The van der Waals surface area contributed by atoms with Crippen molar-refractivity contribution in [3.8, 4) is 0 Å². The molecule has 0 unspecified atom stereocenters. The van der Waals surface area contributed by atoms with Crippen LogP contribution in [0.3, 0.4) is 0 Å². The van der Waals surface area contributed by atoms with Crippen LogP contribution in [0.4, 0.5) is 0 Å². The van der Waals surface area contributed by atoms with Gasteiger partial charge in [-0.2, -0.15) is 0 Å². The van der Waals surface area contributed by atoms with Crippen molar-refractivity contribution in [1.29, 1.82) is 0 Å². The van der Waals surface area contributed by atoms with Crippen LogP contribution in [-0.2, 0) is 23.1 Å².